The van der Waals surface area contributed by atoms with Gasteiger partial charge in [0.25, 0.3) is 0 Å². The van der Waals surface area contributed by atoms with Crippen molar-refractivity contribution in [1.29, 1.82) is 0 Å². The van der Waals surface area contributed by atoms with E-state index in [4.69, 9.17) is 35.0 Å². The third-order valence-electron chi connectivity index (χ3n) is 26.9. The van der Waals surface area contributed by atoms with Gasteiger partial charge in [0, 0.05) is 137 Å². The summed E-state index contributed by atoms with van der Waals surface area (Å²) in [6, 6.07) is 63.0. The number of para-hydroxylation sites is 8. The van der Waals surface area contributed by atoms with E-state index in [-0.39, 0.29) is 37.0 Å². The van der Waals surface area contributed by atoms with Crippen LogP contribution in [0.25, 0.3) is 0 Å². The number of nitrogens with zero attached hydrogens (tertiary/aromatic N) is 20. The van der Waals surface area contributed by atoms with Crippen LogP contribution >= 0.6 is 0 Å². The van der Waals surface area contributed by atoms with Gasteiger partial charge in [0.1, 0.15) is 49.3 Å². The lowest BCUT2D eigenvalue weighted by Crippen LogP contribution is -2.43. The van der Waals surface area contributed by atoms with Crippen molar-refractivity contribution in [2.75, 3.05) is 121 Å². The second kappa shape index (κ2) is 32.2. The van der Waals surface area contributed by atoms with Crippen molar-refractivity contribution in [2.24, 2.45) is 0 Å². The van der Waals surface area contributed by atoms with E-state index in [0.29, 0.717) is 22.7 Å². The largest absolute Gasteiger partial charge is 0.353 e. The molecule has 0 spiro atoms. The Kier molecular flexibility index (Phi) is 18.3. The fourth-order valence-electron chi connectivity index (χ4n) is 19.9. The summed E-state index contributed by atoms with van der Waals surface area (Å²) in [5.74, 6) is 4.04. The van der Waals surface area contributed by atoms with Gasteiger partial charge in [-0.05, 0) is 316 Å². The molecule has 123 heavy (non-hydrogen) atoms. The van der Waals surface area contributed by atoms with Crippen molar-refractivity contribution < 1.29 is 15.1 Å². The molecule has 0 amide bonds. The van der Waals surface area contributed by atoms with Gasteiger partial charge >= 0.3 is 0 Å². The Morgan fingerprint density at radius 3 is 0.732 bits per heavy atom. The molecule has 0 bridgehead atoms. The lowest BCUT2D eigenvalue weighted by atomic mass is 10.0. The highest BCUT2D eigenvalue weighted by atomic mass is 15.5. The van der Waals surface area contributed by atoms with Crippen molar-refractivity contribution >= 4 is 137 Å². The molecule has 0 fully saturated rings. The number of rotatable bonds is 10. The molecule has 20 rings (SSSR count). The van der Waals surface area contributed by atoms with Crippen LogP contribution in [0.4, 0.5) is 137 Å². The Hall–Kier alpha value is -12.8. The fourth-order valence-corrected chi connectivity index (χ4v) is 19.9. The van der Waals surface area contributed by atoms with Crippen LogP contribution in [-0.4, -0.2) is 124 Å². The van der Waals surface area contributed by atoms with Crippen molar-refractivity contribution in [3.63, 3.8) is 0 Å². The molecule has 4 aromatic heterocycles. The van der Waals surface area contributed by atoms with E-state index in [1.807, 2.05) is 116 Å². The molecule has 0 saturated heterocycles. The lowest BCUT2D eigenvalue weighted by molar-refractivity contribution is 0.603. The molecule has 0 radical (unpaired) electrons. The first-order valence-corrected chi connectivity index (χ1v) is 42.8. The number of fused-ring (bicyclic) bond motifs is 8. The summed E-state index contributed by atoms with van der Waals surface area (Å²) in [7, 11) is 12.9. The smallest absolute Gasteiger partial charge is 0.158 e. The molecule has 1 unspecified atom stereocenters. The quantitative estimate of drug-likeness (QED) is 0.130. The highest BCUT2D eigenvalue weighted by molar-refractivity contribution is 5.95. The minimum Gasteiger partial charge on any atom is -0.353 e. The van der Waals surface area contributed by atoms with Crippen molar-refractivity contribution in [3.05, 3.63) is 264 Å². The van der Waals surface area contributed by atoms with E-state index < -0.39 is 44.9 Å². The molecule has 20 nitrogen and oxygen atoms in total. The molecule has 8 aromatic carbocycles. The third kappa shape index (κ3) is 13.5. The first kappa shape index (κ1) is 69.8. The predicted molar refractivity (Wildman–Crippen MR) is 520 cm³/mol. The summed E-state index contributed by atoms with van der Waals surface area (Å²) < 4.78 is 91.6. The molecule has 12 aromatic rings. The zero-order chi connectivity index (χ0) is 96.2. The summed E-state index contributed by atoms with van der Waals surface area (Å²) in [5.41, 5.74) is 28.6. The number of hydrogen-bond donors (Lipinski definition) is 0. The number of aryl methyl sites for hydroxylation is 3. The van der Waals surface area contributed by atoms with Crippen LogP contribution in [0.15, 0.2) is 225 Å². The van der Waals surface area contributed by atoms with Crippen LogP contribution in [0.5, 0.6) is 0 Å². The number of hydrogen-bond acceptors (Lipinski definition) is 20. The summed E-state index contributed by atoms with van der Waals surface area (Å²) in [6.07, 6.45) is 7.34. The molecule has 12 heterocycles. The standard InChI is InChI=1S/C30H38N4.C26H30N4.C24H28N6.C23H26N6/c1-19(2)31-23(7)33(27-15-11-9-13-25(27)31)29-17-21(5)18-30(22(29)6)34-24(8)32(20(3)4)26-14-10-12-16-28(26)34;1-17-15-25(29-19(3)27(5)21-11-7-9-13-23(21)29)18(2)26(16-17)30-20(4)28(6)22-12-8-10-14-24(22)30;1-15-13-21(29-17(3)27(5)19-9-7-11-25-23(19)29)16(2)22(14-15)30-18(4)28(6)20-10-8-12-26-24(20)30;1-15-18(28-16(2)26(4)20-11-7-13-24-22(20)28)9-6-10-19(15)29-17(3)27(5)21-12-8-14-25-23(21)29/h9-20,23-24H,1-8H3;7-16,19-20H,1-6H3;7-14,17-18H,1-6H3;6-14,16-17H,1-5H3/t23-,24+;19-,20+;17-,18+;16-,17+/i1D3,2D3,3D3,19D,20D;;;/t20?,23-,24+;;;/m0.../s1. The van der Waals surface area contributed by atoms with Crippen LogP contribution < -0.4 is 78.4 Å². The van der Waals surface area contributed by atoms with Crippen molar-refractivity contribution in [3.8, 4) is 0 Å². The average molecular weight is 1650 g/mol. The highest BCUT2D eigenvalue weighted by Crippen LogP contribution is 2.56. The maximum absolute atomic E-state index is 9.04. The Labute approximate surface area is 745 Å². The van der Waals surface area contributed by atoms with E-state index in [2.05, 4.69) is 293 Å². The maximum atomic E-state index is 9.04. The molecule has 0 saturated carbocycles. The molecule has 9 atom stereocenters. The Morgan fingerprint density at radius 2 is 0.439 bits per heavy atom. The molecule has 8 aliphatic heterocycles. The SMILES string of the molecule is Cc1c(N2c3ncccc3N(C)[C@H]2C)cccc1N1c2ncccc2N(C)[C@@H]1C.Cc1cc(N2c3ccccc3N(C)[C@H]2C)c(C)c(N2c3ccccc3N(C)[C@@H]2C)c1.Cc1cc(N2c3ncccc3N(C)[C@H]2C)c(C)c(N2c3ncccc3N(C)[C@@H]2C)c1.[2H]C([2H])([2H])C([2H])(C)N1c2ccccc2N(c2cc(C)cc(N3c4ccccc4N(C([2H])(C([2H])([2H])[2H])C([2H])([2H])[2H])[C@@H]3C)c2C)[C@@H]1C. The van der Waals surface area contributed by atoms with Gasteiger partial charge < -0.3 is 78.4 Å². The molecule has 634 valence electrons. The minimum absolute atomic E-state index is 0.187. The maximum Gasteiger partial charge on any atom is 0.158 e. The van der Waals surface area contributed by atoms with E-state index in [1.54, 1.807) is 36.1 Å². The van der Waals surface area contributed by atoms with Gasteiger partial charge in [-0.15, -0.1) is 0 Å². The second-order valence-corrected chi connectivity index (χ2v) is 33.9. The Morgan fingerprint density at radius 1 is 0.236 bits per heavy atom. The number of aromatic nitrogens is 4. The molecule has 20 heteroatoms. The zero-order valence-electron chi connectivity index (χ0n) is 85.9. The average Bonchev–Trinajstić information content (AvgIpc) is 1.38. The molecule has 0 N–H and O–H groups in total. The van der Waals surface area contributed by atoms with Gasteiger partial charge in [-0.25, -0.2) is 19.9 Å². The van der Waals surface area contributed by atoms with Crippen LogP contribution in [0, 0.1) is 48.5 Å². The van der Waals surface area contributed by atoms with E-state index in [9.17, 15) is 0 Å². The Bertz CT molecular complexity index is 6040. The van der Waals surface area contributed by atoms with Crippen LogP contribution in [0.3, 0.4) is 0 Å². The second-order valence-electron chi connectivity index (χ2n) is 33.9. The Balaban J connectivity index is 0.000000127. The minimum atomic E-state index is -3.17. The molecular weight excluding hydrogens is 1520 g/mol. The zero-order valence-corrected chi connectivity index (χ0v) is 74.9. The van der Waals surface area contributed by atoms with E-state index in [0.717, 1.165) is 68.5 Å². The topological polar surface area (TPSA) is 103 Å². The monoisotopic (exact) mass is 1650 g/mol. The van der Waals surface area contributed by atoms with E-state index >= 15 is 0 Å². The summed E-state index contributed by atoms with van der Waals surface area (Å²) >= 11 is 0. The van der Waals surface area contributed by atoms with Crippen LogP contribution in [0.1, 0.15) is 137 Å². The van der Waals surface area contributed by atoms with E-state index in [1.165, 1.54) is 96.5 Å². The fraction of sp³-hybridized carbons (Fsp3) is 0.340. The molecule has 8 aliphatic rings. The van der Waals surface area contributed by atoms with Gasteiger partial charge in [-0.2, -0.15) is 0 Å². The first-order chi connectivity index (χ1) is 63.4. The van der Waals surface area contributed by atoms with Crippen molar-refractivity contribution in [1.82, 2.24) is 19.9 Å². The van der Waals surface area contributed by atoms with Crippen LogP contribution in [-0.2, 0) is 0 Å². The molecule has 0 aliphatic carbocycles. The third-order valence-corrected chi connectivity index (χ3v) is 26.9. The highest BCUT2D eigenvalue weighted by Gasteiger charge is 2.44. The predicted octanol–water partition coefficient (Wildman–Crippen LogP) is 23.5. The van der Waals surface area contributed by atoms with Gasteiger partial charge in [-0.1, -0.05) is 54.6 Å². The molecular formula is C103H122N20. The van der Waals surface area contributed by atoms with Crippen molar-refractivity contribution in [2.45, 2.75) is 193 Å². The van der Waals surface area contributed by atoms with Crippen LogP contribution in [0.2, 0.25) is 0 Å². The number of anilines is 24. The summed E-state index contributed by atoms with van der Waals surface area (Å²) in [5, 5.41) is 0. The van der Waals surface area contributed by atoms with Gasteiger partial charge in [0.05, 0.1) is 71.0 Å². The summed E-state index contributed by atoms with van der Waals surface area (Å²) in [4.78, 5) is 53.7. The summed E-state index contributed by atoms with van der Waals surface area (Å²) in [6.45, 7) is 24.3. The van der Waals surface area contributed by atoms with Gasteiger partial charge in [0.15, 0.2) is 23.3 Å². The first-order valence-electron chi connectivity index (χ1n) is 48.3. The number of pyridine rings is 4. The number of benzene rings is 8. The van der Waals surface area contributed by atoms with Gasteiger partial charge in [-0.3, -0.25) is 0 Å². The van der Waals surface area contributed by atoms with Gasteiger partial charge in [0.2, 0.25) is 0 Å². The normalized spacial score (nSPS) is 22.1. The lowest BCUT2D eigenvalue weighted by Gasteiger charge is -2.36.